The number of amidine groups is 1. The predicted molar refractivity (Wildman–Crippen MR) is 71.5 cm³/mol. The van der Waals surface area contributed by atoms with Crippen LogP contribution in [0, 0.1) is 0 Å². The van der Waals surface area contributed by atoms with Gasteiger partial charge in [-0.2, -0.15) is 4.37 Å². The summed E-state index contributed by atoms with van der Waals surface area (Å²) in [4.78, 5) is 0. The number of oxime groups is 1. The first-order valence-electron chi connectivity index (χ1n) is 5.31. The first-order chi connectivity index (χ1) is 8.81. The highest BCUT2D eigenvalue weighted by atomic mass is 32.1. The lowest BCUT2D eigenvalue weighted by molar-refractivity contribution is 0.318. The molecule has 6 heteroatoms. The standard InChI is InChI=1S/C12H10N4OS/c13-11(14-17)10-6-3-7-16(10)12-8-4-1-2-5-9(8)15-18-12/h1-7,17H,(H2,13,14). The van der Waals surface area contributed by atoms with Crippen LogP contribution in [0.3, 0.4) is 0 Å². The van der Waals surface area contributed by atoms with Gasteiger partial charge in [-0.15, -0.1) is 0 Å². The monoisotopic (exact) mass is 258 g/mol. The third-order valence-corrected chi connectivity index (χ3v) is 3.58. The zero-order chi connectivity index (χ0) is 12.5. The van der Waals surface area contributed by atoms with Crippen molar-refractivity contribution in [1.29, 1.82) is 0 Å². The van der Waals surface area contributed by atoms with Crippen LogP contribution in [0.2, 0.25) is 0 Å². The summed E-state index contributed by atoms with van der Waals surface area (Å²) in [5, 5.41) is 13.8. The van der Waals surface area contributed by atoms with E-state index in [2.05, 4.69) is 9.53 Å². The van der Waals surface area contributed by atoms with Crippen molar-refractivity contribution in [2.75, 3.05) is 0 Å². The van der Waals surface area contributed by atoms with Gasteiger partial charge in [0.2, 0.25) is 0 Å². The van der Waals surface area contributed by atoms with Gasteiger partial charge in [-0.25, -0.2) is 0 Å². The molecule has 0 aliphatic carbocycles. The fraction of sp³-hybridized carbons (Fsp3) is 0. The van der Waals surface area contributed by atoms with E-state index in [0.717, 1.165) is 15.9 Å². The minimum absolute atomic E-state index is 0.0810. The summed E-state index contributed by atoms with van der Waals surface area (Å²) in [5.41, 5.74) is 7.24. The van der Waals surface area contributed by atoms with Crippen LogP contribution in [-0.4, -0.2) is 20.0 Å². The van der Waals surface area contributed by atoms with E-state index in [1.807, 2.05) is 41.1 Å². The van der Waals surface area contributed by atoms with Crippen molar-refractivity contribution in [3.63, 3.8) is 0 Å². The quantitative estimate of drug-likeness (QED) is 0.320. The Morgan fingerprint density at radius 1 is 1.28 bits per heavy atom. The number of fused-ring (bicyclic) bond motifs is 1. The van der Waals surface area contributed by atoms with E-state index in [4.69, 9.17) is 10.9 Å². The molecular weight excluding hydrogens is 248 g/mol. The molecular formula is C12H10N4OS. The molecule has 0 fully saturated rings. The number of benzene rings is 1. The lowest BCUT2D eigenvalue weighted by Gasteiger charge is -2.05. The lowest BCUT2D eigenvalue weighted by atomic mass is 10.2. The van der Waals surface area contributed by atoms with Crippen LogP contribution in [0.4, 0.5) is 0 Å². The molecule has 0 radical (unpaired) electrons. The Labute approximate surface area is 107 Å². The largest absolute Gasteiger partial charge is 0.409 e. The molecule has 0 aliphatic rings. The van der Waals surface area contributed by atoms with Crippen LogP contribution in [0.15, 0.2) is 47.8 Å². The molecule has 2 heterocycles. The van der Waals surface area contributed by atoms with Crippen LogP contribution in [0.1, 0.15) is 5.69 Å². The average molecular weight is 258 g/mol. The van der Waals surface area contributed by atoms with Crippen molar-refractivity contribution in [1.82, 2.24) is 8.94 Å². The molecule has 90 valence electrons. The van der Waals surface area contributed by atoms with Gasteiger partial charge < -0.3 is 15.5 Å². The first kappa shape index (κ1) is 10.8. The van der Waals surface area contributed by atoms with Gasteiger partial charge in [0, 0.05) is 11.6 Å². The molecule has 0 atom stereocenters. The van der Waals surface area contributed by atoms with Gasteiger partial charge in [-0.05, 0) is 35.8 Å². The molecule has 3 aromatic rings. The predicted octanol–water partition coefficient (Wildman–Crippen LogP) is 2.18. The number of rotatable bonds is 2. The van der Waals surface area contributed by atoms with Gasteiger partial charge in [-0.3, -0.25) is 0 Å². The van der Waals surface area contributed by atoms with Crippen molar-refractivity contribution in [2.24, 2.45) is 10.9 Å². The van der Waals surface area contributed by atoms with E-state index >= 15 is 0 Å². The van der Waals surface area contributed by atoms with Crippen molar-refractivity contribution < 1.29 is 5.21 Å². The van der Waals surface area contributed by atoms with Gasteiger partial charge in [0.15, 0.2) is 5.84 Å². The van der Waals surface area contributed by atoms with Gasteiger partial charge >= 0.3 is 0 Å². The summed E-state index contributed by atoms with van der Waals surface area (Å²) in [6.45, 7) is 0. The van der Waals surface area contributed by atoms with Crippen LogP contribution in [-0.2, 0) is 0 Å². The second kappa shape index (κ2) is 4.15. The van der Waals surface area contributed by atoms with Crippen molar-refractivity contribution >= 4 is 28.3 Å². The minimum atomic E-state index is 0.0810. The molecule has 0 spiro atoms. The zero-order valence-corrected chi connectivity index (χ0v) is 10.1. The SMILES string of the molecule is N/C(=N/O)c1cccn1-c1snc2ccccc12. The molecule has 2 aromatic heterocycles. The summed E-state index contributed by atoms with van der Waals surface area (Å²) >= 11 is 1.38. The van der Waals surface area contributed by atoms with Crippen molar-refractivity contribution in [3.8, 4) is 5.00 Å². The summed E-state index contributed by atoms with van der Waals surface area (Å²) in [5.74, 6) is 0.0810. The molecule has 0 bridgehead atoms. The molecule has 0 saturated heterocycles. The van der Waals surface area contributed by atoms with Crippen LogP contribution < -0.4 is 5.73 Å². The number of aromatic nitrogens is 2. The maximum Gasteiger partial charge on any atom is 0.187 e. The fourth-order valence-corrected chi connectivity index (χ4v) is 2.73. The molecule has 0 aliphatic heterocycles. The Hall–Kier alpha value is -2.34. The highest BCUT2D eigenvalue weighted by Gasteiger charge is 2.12. The van der Waals surface area contributed by atoms with E-state index in [-0.39, 0.29) is 5.84 Å². The molecule has 3 N–H and O–H groups in total. The topological polar surface area (TPSA) is 76.4 Å². The second-order valence-electron chi connectivity index (χ2n) is 3.75. The smallest absolute Gasteiger partial charge is 0.187 e. The van der Waals surface area contributed by atoms with Crippen molar-refractivity contribution in [2.45, 2.75) is 0 Å². The summed E-state index contributed by atoms with van der Waals surface area (Å²) < 4.78 is 6.25. The third kappa shape index (κ3) is 1.54. The Kier molecular flexibility index (Phi) is 2.49. The number of nitrogens with zero attached hydrogens (tertiary/aromatic N) is 3. The molecule has 0 unspecified atom stereocenters. The van der Waals surface area contributed by atoms with Crippen molar-refractivity contribution in [3.05, 3.63) is 48.3 Å². The van der Waals surface area contributed by atoms with Crippen LogP contribution in [0.5, 0.6) is 0 Å². The number of hydrogen-bond donors (Lipinski definition) is 2. The highest BCUT2D eigenvalue weighted by Crippen LogP contribution is 2.27. The zero-order valence-electron chi connectivity index (χ0n) is 9.32. The molecule has 0 saturated carbocycles. The van der Waals surface area contributed by atoms with E-state index < -0.39 is 0 Å². The second-order valence-corrected chi connectivity index (χ2v) is 4.51. The molecule has 18 heavy (non-hydrogen) atoms. The Morgan fingerprint density at radius 2 is 2.11 bits per heavy atom. The molecule has 3 rings (SSSR count). The summed E-state index contributed by atoms with van der Waals surface area (Å²) in [7, 11) is 0. The fourth-order valence-electron chi connectivity index (χ4n) is 1.87. The Bertz CT molecular complexity index is 728. The molecule has 0 amide bonds. The Balaban J connectivity index is 2.24. The maximum absolute atomic E-state index is 8.78. The first-order valence-corrected chi connectivity index (χ1v) is 6.08. The minimum Gasteiger partial charge on any atom is -0.409 e. The van der Waals surface area contributed by atoms with E-state index in [9.17, 15) is 0 Å². The normalized spacial score (nSPS) is 12.1. The number of hydrogen-bond acceptors (Lipinski definition) is 4. The van der Waals surface area contributed by atoms with Crippen LogP contribution in [0.25, 0.3) is 15.9 Å². The van der Waals surface area contributed by atoms with Crippen LogP contribution >= 0.6 is 11.5 Å². The maximum atomic E-state index is 8.78. The Morgan fingerprint density at radius 3 is 2.94 bits per heavy atom. The average Bonchev–Trinajstić information content (AvgIpc) is 3.03. The summed E-state index contributed by atoms with van der Waals surface area (Å²) in [6, 6.07) is 11.5. The van der Waals surface area contributed by atoms with Gasteiger partial charge in [0.05, 0.1) is 11.2 Å². The van der Waals surface area contributed by atoms with Gasteiger partial charge in [-0.1, -0.05) is 17.3 Å². The van der Waals surface area contributed by atoms with E-state index in [0.29, 0.717) is 5.69 Å². The molecule has 5 nitrogen and oxygen atoms in total. The van der Waals surface area contributed by atoms with E-state index in [1.54, 1.807) is 6.07 Å². The highest BCUT2D eigenvalue weighted by molar-refractivity contribution is 7.10. The van der Waals surface area contributed by atoms with Gasteiger partial charge in [0.25, 0.3) is 0 Å². The molecule has 1 aromatic carbocycles. The van der Waals surface area contributed by atoms with E-state index in [1.165, 1.54) is 11.5 Å². The van der Waals surface area contributed by atoms with Gasteiger partial charge in [0.1, 0.15) is 5.00 Å². The lowest BCUT2D eigenvalue weighted by Crippen LogP contribution is -2.16. The third-order valence-electron chi connectivity index (χ3n) is 2.70. The summed E-state index contributed by atoms with van der Waals surface area (Å²) in [6.07, 6.45) is 1.87. The number of nitrogens with two attached hydrogens (primary N) is 1.